The molecule has 0 saturated carbocycles. The SMILES string of the molecule is Cc1ccc(C)c2sc(N3CCNCC3)nc12. The third kappa shape index (κ3) is 1.91. The molecule has 1 aliphatic rings. The van der Waals surface area contributed by atoms with Gasteiger partial charge in [-0.1, -0.05) is 23.5 Å². The number of aryl methyl sites for hydroxylation is 2. The van der Waals surface area contributed by atoms with Crippen LogP contribution in [0.25, 0.3) is 10.2 Å². The van der Waals surface area contributed by atoms with Crippen LogP contribution < -0.4 is 10.2 Å². The van der Waals surface area contributed by atoms with E-state index in [0.29, 0.717) is 0 Å². The first-order valence-electron chi connectivity index (χ1n) is 6.08. The van der Waals surface area contributed by atoms with E-state index >= 15 is 0 Å². The van der Waals surface area contributed by atoms with Gasteiger partial charge in [0.15, 0.2) is 5.13 Å². The van der Waals surface area contributed by atoms with Crippen molar-refractivity contribution in [2.75, 3.05) is 31.1 Å². The van der Waals surface area contributed by atoms with Gasteiger partial charge in [0.1, 0.15) is 0 Å². The Morgan fingerprint density at radius 2 is 1.88 bits per heavy atom. The topological polar surface area (TPSA) is 28.2 Å². The Bertz CT molecular complexity index is 502. The Kier molecular flexibility index (Phi) is 2.76. The minimum atomic E-state index is 1.06. The van der Waals surface area contributed by atoms with Crippen LogP contribution in [0.15, 0.2) is 12.1 Å². The molecular weight excluding hydrogens is 230 g/mol. The molecule has 0 aliphatic carbocycles. The number of hydrogen-bond acceptors (Lipinski definition) is 4. The van der Waals surface area contributed by atoms with Crippen LogP contribution in [-0.2, 0) is 0 Å². The summed E-state index contributed by atoms with van der Waals surface area (Å²) >= 11 is 1.83. The predicted molar refractivity (Wildman–Crippen MR) is 74.2 cm³/mol. The van der Waals surface area contributed by atoms with E-state index in [1.54, 1.807) is 0 Å². The van der Waals surface area contributed by atoms with E-state index in [9.17, 15) is 0 Å². The number of piperazine rings is 1. The molecular formula is C13H17N3S. The lowest BCUT2D eigenvalue weighted by Crippen LogP contribution is -2.43. The van der Waals surface area contributed by atoms with Crippen molar-refractivity contribution < 1.29 is 0 Å². The maximum atomic E-state index is 4.81. The van der Waals surface area contributed by atoms with E-state index in [1.807, 2.05) is 11.3 Å². The summed E-state index contributed by atoms with van der Waals surface area (Å²) in [6.07, 6.45) is 0. The fourth-order valence-electron chi connectivity index (χ4n) is 2.24. The fourth-order valence-corrected chi connectivity index (χ4v) is 3.40. The van der Waals surface area contributed by atoms with E-state index in [0.717, 1.165) is 26.2 Å². The molecule has 0 bridgehead atoms. The summed E-state index contributed by atoms with van der Waals surface area (Å²) in [5.74, 6) is 0. The van der Waals surface area contributed by atoms with E-state index in [4.69, 9.17) is 4.98 Å². The molecule has 17 heavy (non-hydrogen) atoms. The molecule has 3 nitrogen and oxygen atoms in total. The van der Waals surface area contributed by atoms with Crippen LogP contribution in [0.4, 0.5) is 5.13 Å². The first-order chi connectivity index (χ1) is 8.25. The van der Waals surface area contributed by atoms with Crippen molar-refractivity contribution in [1.82, 2.24) is 10.3 Å². The van der Waals surface area contributed by atoms with Gasteiger partial charge in [0.2, 0.25) is 0 Å². The third-order valence-electron chi connectivity index (χ3n) is 3.32. The average Bonchev–Trinajstić information content (AvgIpc) is 2.81. The summed E-state index contributed by atoms with van der Waals surface area (Å²) in [5, 5.41) is 4.56. The van der Waals surface area contributed by atoms with Crippen LogP contribution in [0.3, 0.4) is 0 Å². The zero-order valence-electron chi connectivity index (χ0n) is 10.3. The molecule has 1 fully saturated rings. The van der Waals surface area contributed by atoms with Gasteiger partial charge < -0.3 is 10.2 Å². The number of fused-ring (bicyclic) bond motifs is 1. The third-order valence-corrected chi connectivity index (χ3v) is 4.57. The van der Waals surface area contributed by atoms with Gasteiger partial charge in [-0.05, 0) is 25.0 Å². The van der Waals surface area contributed by atoms with E-state index < -0.39 is 0 Å². The van der Waals surface area contributed by atoms with Gasteiger partial charge in [-0.25, -0.2) is 4.98 Å². The highest BCUT2D eigenvalue weighted by Gasteiger charge is 2.16. The smallest absolute Gasteiger partial charge is 0.186 e. The Hall–Kier alpha value is -1.13. The number of rotatable bonds is 1. The van der Waals surface area contributed by atoms with Gasteiger partial charge in [0, 0.05) is 26.2 Å². The van der Waals surface area contributed by atoms with Gasteiger partial charge >= 0.3 is 0 Å². The molecule has 2 aromatic rings. The number of anilines is 1. The second-order valence-corrected chi connectivity index (χ2v) is 5.59. The number of thiazole rings is 1. The van der Waals surface area contributed by atoms with Crippen molar-refractivity contribution in [3.05, 3.63) is 23.3 Å². The second-order valence-electron chi connectivity index (χ2n) is 4.61. The molecule has 4 heteroatoms. The van der Waals surface area contributed by atoms with Crippen LogP contribution in [0.2, 0.25) is 0 Å². The minimum Gasteiger partial charge on any atom is -0.346 e. The summed E-state index contributed by atoms with van der Waals surface area (Å²) in [6.45, 7) is 8.57. The van der Waals surface area contributed by atoms with Gasteiger partial charge in [0.05, 0.1) is 10.2 Å². The molecule has 0 spiro atoms. The quantitative estimate of drug-likeness (QED) is 0.838. The second kappa shape index (κ2) is 4.27. The highest BCUT2D eigenvalue weighted by Crippen LogP contribution is 2.32. The molecule has 1 aromatic heterocycles. The summed E-state index contributed by atoms with van der Waals surface area (Å²) < 4.78 is 1.35. The number of benzene rings is 1. The van der Waals surface area contributed by atoms with Crippen molar-refractivity contribution in [2.45, 2.75) is 13.8 Å². The lowest BCUT2D eigenvalue weighted by molar-refractivity contribution is 0.588. The molecule has 0 unspecified atom stereocenters. The minimum absolute atomic E-state index is 1.06. The molecule has 0 amide bonds. The first kappa shape index (κ1) is 11.0. The van der Waals surface area contributed by atoms with Crippen LogP contribution in [0.1, 0.15) is 11.1 Å². The van der Waals surface area contributed by atoms with Crippen LogP contribution >= 0.6 is 11.3 Å². The Morgan fingerprint density at radius 1 is 1.18 bits per heavy atom. The average molecular weight is 247 g/mol. The summed E-state index contributed by atoms with van der Waals surface area (Å²) in [5.41, 5.74) is 3.80. The zero-order chi connectivity index (χ0) is 11.8. The Morgan fingerprint density at radius 3 is 2.59 bits per heavy atom. The fraction of sp³-hybridized carbons (Fsp3) is 0.462. The van der Waals surface area contributed by atoms with Crippen molar-refractivity contribution in [3.8, 4) is 0 Å². The standard InChI is InChI=1S/C13H17N3S/c1-9-3-4-10(2)12-11(9)15-13(17-12)16-7-5-14-6-8-16/h3-4,14H,5-8H2,1-2H3. The molecule has 2 heterocycles. The highest BCUT2D eigenvalue weighted by atomic mass is 32.1. The molecule has 90 valence electrons. The Balaban J connectivity index is 2.06. The van der Waals surface area contributed by atoms with Gasteiger partial charge in [0.25, 0.3) is 0 Å². The lowest BCUT2D eigenvalue weighted by atomic mass is 10.1. The first-order valence-corrected chi connectivity index (χ1v) is 6.90. The molecule has 1 saturated heterocycles. The number of hydrogen-bond donors (Lipinski definition) is 1. The number of nitrogens with one attached hydrogen (secondary N) is 1. The number of nitrogens with zero attached hydrogens (tertiary/aromatic N) is 2. The molecule has 0 atom stereocenters. The normalized spacial score (nSPS) is 16.7. The maximum absolute atomic E-state index is 4.81. The van der Waals surface area contributed by atoms with Crippen LogP contribution in [0, 0.1) is 13.8 Å². The lowest BCUT2D eigenvalue weighted by Gasteiger charge is -2.26. The van der Waals surface area contributed by atoms with E-state index in [2.05, 4.69) is 36.2 Å². The summed E-state index contributed by atoms with van der Waals surface area (Å²) in [7, 11) is 0. The molecule has 0 radical (unpaired) electrons. The maximum Gasteiger partial charge on any atom is 0.186 e. The summed E-state index contributed by atoms with van der Waals surface area (Å²) in [6, 6.07) is 4.36. The van der Waals surface area contributed by atoms with Crippen LogP contribution in [-0.4, -0.2) is 31.2 Å². The van der Waals surface area contributed by atoms with Gasteiger partial charge in [-0.2, -0.15) is 0 Å². The molecule has 1 aliphatic heterocycles. The van der Waals surface area contributed by atoms with Crippen molar-refractivity contribution in [1.29, 1.82) is 0 Å². The van der Waals surface area contributed by atoms with E-state index in [1.165, 1.54) is 26.5 Å². The Labute approximate surface area is 105 Å². The predicted octanol–water partition coefficient (Wildman–Crippen LogP) is 2.32. The van der Waals surface area contributed by atoms with E-state index in [-0.39, 0.29) is 0 Å². The number of aromatic nitrogens is 1. The van der Waals surface area contributed by atoms with Crippen molar-refractivity contribution in [3.63, 3.8) is 0 Å². The van der Waals surface area contributed by atoms with Crippen molar-refractivity contribution >= 4 is 26.7 Å². The highest BCUT2D eigenvalue weighted by molar-refractivity contribution is 7.22. The zero-order valence-corrected chi connectivity index (χ0v) is 11.1. The van der Waals surface area contributed by atoms with Gasteiger partial charge in [-0.15, -0.1) is 0 Å². The van der Waals surface area contributed by atoms with Crippen LogP contribution in [0.5, 0.6) is 0 Å². The summed E-state index contributed by atoms with van der Waals surface area (Å²) in [4.78, 5) is 7.20. The molecule has 1 aromatic carbocycles. The largest absolute Gasteiger partial charge is 0.346 e. The monoisotopic (exact) mass is 247 g/mol. The molecule has 3 rings (SSSR count). The van der Waals surface area contributed by atoms with Crippen molar-refractivity contribution in [2.24, 2.45) is 0 Å². The molecule has 1 N–H and O–H groups in total. The van der Waals surface area contributed by atoms with Gasteiger partial charge in [-0.3, -0.25) is 0 Å².